The molecule has 0 bridgehead atoms. The number of hydrogen-bond donors (Lipinski definition) is 0. The Balaban J connectivity index is 1.73. The Morgan fingerprint density at radius 1 is 0.963 bits per heavy atom. The van der Waals surface area contributed by atoms with Gasteiger partial charge in [-0.1, -0.05) is 6.58 Å². The molecule has 2 heterocycles. The second kappa shape index (κ2) is 6.35. The van der Waals surface area contributed by atoms with E-state index in [1.807, 2.05) is 18.2 Å². The highest BCUT2D eigenvalue weighted by atomic mass is 19.4. The lowest BCUT2D eigenvalue weighted by molar-refractivity contribution is -0.137. The van der Waals surface area contributed by atoms with Crippen LogP contribution in [0.4, 0.5) is 13.2 Å². The van der Waals surface area contributed by atoms with Gasteiger partial charge < -0.3 is 0 Å². The molecule has 4 rings (SSSR count). The molecule has 27 heavy (non-hydrogen) atoms. The first kappa shape index (κ1) is 17.0. The summed E-state index contributed by atoms with van der Waals surface area (Å²) in [5.41, 5.74) is 2.90. The number of aromatic nitrogens is 4. The van der Waals surface area contributed by atoms with Gasteiger partial charge in [0.15, 0.2) is 5.82 Å². The molecule has 0 unspecified atom stereocenters. The van der Waals surface area contributed by atoms with E-state index in [0.29, 0.717) is 17.0 Å². The van der Waals surface area contributed by atoms with E-state index in [0.717, 1.165) is 28.9 Å². The van der Waals surface area contributed by atoms with Gasteiger partial charge in [-0.05, 0) is 54.6 Å². The van der Waals surface area contributed by atoms with Crippen LogP contribution in [-0.4, -0.2) is 19.5 Å². The van der Waals surface area contributed by atoms with Crippen molar-refractivity contribution in [2.45, 2.75) is 6.18 Å². The van der Waals surface area contributed by atoms with Crippen LogP contribution in [0.1, 0.15) is 11.3 Å². The van der Waals surface area contributed by atoms with Crippen molar-refractivity contribution in [1.29, 1.82) is 0 Å². The molecule has 0 atom stereocenters. The standard InChI is InChI=1S/C20H13F3N4/c1-2-15-9-10-24-19(26-15)13-3-8-18-17(11-13)25-12-27(18)16-6-4-14(5-7-16)20(21,22)23/h2-12H,1H2. The number of alkyl halides is 3. The van der Waals surface area contributed by atoms with E-state index < -0.39 is 11.7 Å². The van der Waals surface area contributed by atoms with Crippen LogP contribution in [0, 0.1) is 0 Å². The van der Waals surface area contributed by atoms with Crippen LogP contribution < -0.4 is 0 Å². The summed E-state index contributed by atoms with van der Waals surface area (Å²) in [6.07, 6.45) is 0.524. The first-order chi connectivity index (χ1) is 13.0. The fraction of sp³-hybridized carbons (Fsp3) is 0.0500. The number of halogens is 3. The topological polar surface area (TPSA) is 43.6 Å². The molecule has 2 aromatic heterocycles. The molecule has 0 radical (unpaired) electrons. The monoisotopic (exact) mass is 366 g/mol. The molecule has 0 aliphatic heterocycles. The zero-order valence-corrected chi connectivity index (χ0v) is 14.0. The van der Waals surface area contributed by atoms with E-state index in [1.165, 1.54) is 12.1 Å². The summed E-state index contributed by atoms with van der Waals surface area (Å²) < 4.78 is 39.9. The highest BCUT2D eigenvalue weighted by Crippen LogP contribution is 2.30. The van der Waals surface area contributed by atoms with Crippen LogP contribution in [0.3, 0.4) is 0 Å². The van der Waals surface area contributed by atoms with Crippen molar-refractivity contribution in [1.82, 2.24) is 19.5 Å². The van der Waals surface area contributed by atoms with E-state index in [2.05, 4.69) is 21.5 Å². The maximum Gasteiger partial charge on any atom is 0.416 e. The molecule has 0 amide bonds. The molecule has 134 valence electrons. The zero-order chi connectivity index (χ0) is 19.0. The SMILES string of the molecule is C=Cc1ccnc(-c2ccc3c(c2)ncn3-c2ccc(C(F)(F)F)cc2)n1. The van der Waals surface area contributed by atoms with Crippen molar-refractivity contribution in [3.63, 3.8) is 0 Å². The van der Waals surface area contributed by atoms with E-state index in [-0.39, 0.29) is 0 Å². The Bertz CT molecular complexity index is 1130. The van der Waals surface area contributed by atoms with Crippen LogP contribution in [0.25, 0.3) is 34.2 Å². The number of fused-ring (bicyclic) bond motifs is 1. The summed E-state index contributed by atoms with van der Waals surface area (Å²) in [7, 11) is 0. The number of nitrogens with zero attached hydrogens (tertiary/aromatic N) is 4. The molecular formula is C20H13F3N4. The van der Waals surface area contributed by atoms with Gasteiger partial charge in [-0.2, -0.15) is 13.2 Å². The van der Waals surface area contributed by atoms with Gasteiger partial charge >= 0.3 is 6.18 Å². The summed E-state index contributed by atoms with van der Waals surface area (Å²) in [4.78, 5) is 13.0. The van der Waals surface area contributed by atoms with Crippen molar-refractivity contribution in [3.05, 3.63) is 78.9 Å². The lowest BCUT2D eigenvalue weighted by Crippen LogP contribution is -2.04. The summed E-state index contributed by atoms with van der Waals surface area (Å²) in [6, 6.07) is 12.3. The third-order valence-corrected chi connectivity index (χ3v) is 4.16. The summed E-state index contributed by atoms with van der Waals surface area (Å²) in [5.74, 6) is 0.554. The number of rotatable bonds is 3. The summed E-state index contributed by atoms with van der Waals surface area (Å²) in [6.45, 7) is 3.70. The van der Waals surface area contributed by atoms with E-state index in [9.17, 15) is 13.2 Å². The average Bonchev–Trinajstić information content (AvgIpc) is 3.10. The molecule has 0 fully saturated rings. The first-order valence-electron chi connectivity index (χ1n) is 8.06. The lowest BCUT2D eigenvalue weighted by atomic mass is 10.1. The van der Waals surface area contributed by atoms with Gasteiger partial charge in [-0.15, -0.1) is 0 Å². The Morgan fingerprint density at radius 3 is 2.44 bits per heavy atom. The molecule has 0 aliphatic rings. The van der Waals surface area contributed by atoms with Crippen LogP contribution in [-0.2, 0) is 6.18 Å². The molecule has 0 aliphatic carbocycles. The van der Waals surface area contributed by atoms with Crippen LogP contribution in [0.2, 0.25) is 0 Å². The van der Waals surface area contributed by atoms with Gasteiger partial charge in [-0.3, -0.25) is 4.57 Å². The van der Waals surface area contributed by atoms with Crippen LogP contribution >= 0.6 is 0 Å². The van der Waals surface area contributed by atoms with Crippen LogP contribution in [0.15, 0.2) is 67.6 Å². The van der Waals surface area contributed by atoms with Gasteiger partial charge in [-0.25, -0.2) is 15.0 Å². The van der Waals surface area contributed by atoms with Gasteiger partial charge in [0.1, 0.15) is 6.33 Å². The van der Waals surface area contributed by atoms with Crippen LogP contribution in [0.5, 0.6) is 0 Å². The minimum Gasteiger partial charge on any atom is -0.299 e. The third-order valence-electron chi connectivity index (χ3n) is 4.16. The van der Waals surface area contributed by atoms with Gasteiger partial charge in [0.25, 0.3) is 0 Å². The Labute approximate surface area is 152 Å². The average molecular weight is 366 g/mol. The quantitative estimate of drug-likeness (QED) is 0.504. The van der Waals surface area contributed by atoms with E-state index >= 15 is 0 Å². The molecule has 4 nitrogen and oxygen atoms in total. The second-order valence-corrected chi connectivity index (χ2v) is 5.87. The largest absolute Gasteiger partial charge is 0.416 e. The summed E-state index contributed by atoms with van der Waals surface area (Å²) >= 11 is 0. The van der Waals surface area contributed by atoms with Crippen molar-refractivity contribution >= 4 is 17.1 Å². The van der Waals surface area contributed by atoms with Crippen molar-refractivity contribution in [2.24, 2.45) is 0 Å². The Kier molecular flexibility index (Phi) is 3.99. The molecular weight excluding hydrogens is 353 g/mol. The predicted molar refractivity (Wildman–Crippen MR) is 97.2 cm³/mol. The molecule has 0 N–H and O–H groups in total. The second-order valence-electron chi connectivity index (χ2n) is 5.87. The van der Waals surface area contributed by atoms with Gasteiger partial charge in [0.05, 0.1) is 22.3 Å². The van der Waals surface area contributed by atoms with E-state index in [1.54, 1.807) is 29.2 Å². The fourth-order valence-corrected chi connectivity index (χ4v) is 2.79. The predicted octanol–water partition coefficient (Wildman–Crippen LogP) is 5.14. The molecule has 0 saturated carbocycles. The lowest BCUT2D eigenvalue weighted by Gasteiger charge is -2.09. The molecule has 0 saturated heterocycles. The van der Waals surface area contributed by atoms with E-state index in [4.69, 9.17) is 0 Å². The Hall–Kier alpha value is -3.48. The highest BCUT2D eigenvalue weighted by molar-refractivity contribution is 5.82. The molecule has 7 heteroatoms. The third kappa shape index (κ3) is 3.19. The number of benzene rings is 2. The summed E-state index contributed by atoms with van der Waals surface area (Å²) in [5, 5.41) is 0. The maximum atomic E-state index is 12.7. The Morgan fingerprint density at radius 2 is 1.74 bits per heavy atom. The minimum atomic E-state index is -4.36. The number of imidazole rings is 1. The number of hydrogen-bond acceptors (Lipinski definition) is 3. The normalized spacial score (nSPS) is 11.7. The molecule has 4 aromatic rings. The molecule has 0 spiro atoms. The van der Waals surface area contributed by atoms with Crippen molar-refractivity contribution in [3.8, 4) is 17.1 Å². The minimum absolute atomic E-state index is 0.554. The molecule has 2 aromatic carbocycles. The fourth-order valence-electron chi connectivity index (χ4n) is 2.79. The van der Waals surface area contributed by atoms with Gasteiger partial charge in [0, 0.05) is 17.4 Å². The smallest absolute Gasteiger partial charge is 0.299 e. The van der Waals surface area contributed by atoms with Gasteiger partial charge in [0.2, 0.25) is 0 Å². The van der Waals surface area contributed by atoms with Crippen molar-refractivity contribution in [2.75, 3.05) is 0 Å². The zero-order valence-electron chi connectivity index (χ0n) is 14.0. The maximum absolute atomic E-state index is 12.7. The highest BCUT2D eigenvalue weighted by Gasteiger charge is 2.30. The van der Waals surface area contributed by atoms with Crippen molar-refractivity contribution < 1.29 is 13.2 Å². The first-order valence-corrected chi connectivity index (χ1v) is 8.06.